The molecule has 0 radical (unpaired) electrons. The summed E-state index contributed by atoms with van der Waals surface area (Å²) >= 11 is 0. The number of halogens is 3. The summed E-state index contributed by atoms with van der Waals surface area (Å²) in [7, 11) is 3.29. The smallest absolute Gasteiger partial charge is 0.411 e. The van der Waals surface area contributed by atoms with Gasteiger partial charge in [-0.1, -0.05) is 6.92 Å². The molecule has 0 aliphatic carbocycles. The van der Waals surface area contributed by atoms with Crippen LogP contribution in [-0.4, -0.2) is 43.3 Å². The van der Waals surface area contributed by atoms with Crippen LogP contribution in [0.1, 0.15) is 31.5 Å². The first-order valence-electron chi connectivity index (χ1n) is 6.84. The Morgan fingerprint density at radius 3 is 2.67 bits per heavy atom. The number of alkyl halides is 3. The molecule has 0 aromatic carbocycles. The van der Waals surface area contributed by atoms with Gasteiger partial charge < -0.3 is 14.8 Å². The average molecular weight is 309 g/mol. The van der Waals surface area contributed by atoms with Crippen LogP contribution in [0.15, 0.2) is 6.20 Å². The zero-order chi connectivity index (χ0) is 15.9. The number of aromatic nitrogens is 2. The molecule has 0 amide bonds. The molecule has 0 spiro atoms. The first-order chi connectivity index (χ1) is 9.92. The van der Waals surface area contributed by atoms with Crippen LogP contribution in [0.25, 0.3) is 0 Å². The highest BCUT2D eigenvalue weighted by molar-refractivity contribution is 5.28. The zero-order valence-electron chi connectivity index (χ0n) is 12.5. The maximum absolute atomic E-state index is 12.0. The quantitative estimate of drug-likeness (QED) is 0.712. The fourth-order valence-corrected chi connectivity index (χ4v) is 2.08. The van der Waals surface area contributed by atoms with Gasteiger partial charge in [0.25, 0.3) is 0 Å². The van der Waals surface area contributed by atoms with Crippen LogP contribution in [0.4, 0.5) is 13.2 Å². The number of hydrogen-bond acceptors (Lipinski definition) is 4. The Labute approximate surface area is 122 Å². The largest absolute Gasteiger partial charge is 0.493 e. The van der Waals surface area contributed by atoms with Crippen molar-refractivity contribution in [2.24, 2.45) is 0 Å². The van der Waals surface area contributed by atoms with E-state index in [2.05, 4.69) is 15.2 Å². The lowest BCUT2D eigenvalue weighted by Gasteiger charge is -2.19. The van der Waals surface area contributed by atoms with Crippen LogP contribution < -0.4 is 10.1 Å². The van der Waals surface area contributed by atoms with Gasteiger partial charge in [-0.2, -0.15) is 18.3 Å². The predicted octanol–water partition coefficient (Wildman–Crippen LogP) is 2.53. The first-order valence-corrected chi connectivity index (χ1v) is 6.84. The average Bonchev–Trinajstić information content (AvgIpc) is 2.81. The Kier molecular flexibility index (Phi) is 6.97. The minimum Gasteiger partial charge on any atom is -0.493 e. The maximum Gasteiger partial charge on any atom is 0.411 e. The lowest BCUT2D eigenvalue weighted by Crippen LogP contribution is -2.24. The maximum atomic E-state index is 12.0. The predicted molar refractivity (Wildman–Crippen MR) is 72.4 cm³/mol. The van der Waals surface area contributed by atoms with E-state index >= 15 is 0 Å². The summed E-state index contributed by atoms with van der Waals surface area (Å²) in [5, 5.41) is 7.32. The van der Waals surface area contributed by atoms with E-state index < -0.39 is 12.8 Å². The second-order valence-corrected chi connectivity index (χ2v) is 4.62. The fraction of sp³-hybridized carbons (Fsp3) is 0.769. The summed E-state index contributed by atoms with van der Waals surface area (Å²) in [4.78, 5) is 0. The lowest BCUT2D eigenvalue weighted by atomic mass is 10.1. The number of ether oxygens (including phenoxy) is 2. The third-order valence-corrected chi connectivity index (χ3v) is 3.00. The SMILES string of the molecule is CCCn1ncc(OC)c1C(CCOCC(F)(F)F)NC. The molecule has 5 nitrogen and oxygen atoms in total. The van der Waals surface area contributed by atoms with E-state index in [4.69, 9.17) is 4.74 Å². The van der Waals surface area contributed by atoms with Crippen LogP contribution in [-0.2, 0) is 11.3 Å². The second-order valence-electron chi connectivity index (χ2n) is 4.62. The standard InChI is InChI=1S/C13H22F3N3O2/c1-4-6-19-12(11(20-3)8-18-19)10(17-2)5-7-21-9-13(14,15)16/h8,10,17H,4-7,9H2,1-3H3. The van der Waals surface area contributed by atoms with Gasteiger partial charge in [0, 0.05) is 13.2 Å². The van der Waals surface area contributed by atoms with E-state index in [-0.39, 0.29) is 12.6 Å². The summed E-state index contributed by atoms with van der Waals surface area (Å²) in [6.45, 7) is 1.53. The van der Waals surface area contributed by atoms with Crippen LogP contribution in [0, 0.1) is 0 Å². The highest BCUT2D eigenvalue weighted by Gasteiger charge is 2.28. The fourth-order valence-electron chi connectivity index (χ4n) is 2.08. The van der Waals surface area contributed by atoms with Gasteiger partial charge in [-0.3, -0.25) is 4.68 Å². The normalized spacial score (nSPS) is 13.4. The van der Waals surface area contributed by atoms with Crippen molar-refractivity contribution in [1.29, 1.82) is 0 Å². The summed E-state index contributed by atoms with van der Waals surface area (Å²) < 4.78 is 47.9. The Morgan fingerprint density at radius 2 is 2.14 bits per heavy atom. The monoisotopic (exact) mass is 309 g/mol. The number of hydrogen-bond donors (Lipinski definition) is 1. The van der Waals surface area contributed by atoms with E-state index in [0.717, 1.165) is 18.7 Å². The third kappa shape index (κ3) is 5.55. The highest BCUT2D eigenvalue weighted by atomic mass is 19.4. The third-order valence-electron chi connectivity index (χ3n) is 3.00. The zero-order valence-corrected chi connectivity index (χ0v) is 12.5. The second kappa shape index (κ2) is 8.23. The van der Waals surface area contributed by atoms with E-state index in [0.29, 0.717) is 12.2 Å². The molecule has 1 unspecified atom stereocenters. The summed E-state index contributed by atoms with van der Waals surface area (Å²) in [6.07, 6.45) is -1.38. The molecule has 1 aromatic rings. The molecule has 21 heavy (non-hydrogen) atoms. The molecule has 0 saturated carbocycles. The molecule has 1 aromatic heterocycles. The van der Waals surface area contributed by atoms with Crippen molar-refractivity contribution in [2.45, 2.75) is 38.5 Å². The van der Waals surface area contributed by atoms with E-state index in [9.17, 15) is 13.2 Å². The molecule has 8 heteroatoms. The first kappa shape index (κ1) is 17.8. The van der Waals surface area contributed by atoms with Gasteiger partial charge in [0.05, 0.1) is 25.0 Å². The lowest BCUT2D eigenvalue weighted by molar-refractivity contribution is -0.174. The van der Waals surface area contributed by atoms with Gasteiger partial charge in [-0.15, -0.1) is 0 Å². The molecule has 1 heterocycles. The van der Waals surface area contributed by atoms with Crippen molar-refractivity contribution in [1.82, 2.24) is 15.1 Å². The van der Waals surface area contributed by atoms with E-state index in [1.54, 1.807) is 20.4 Å². The van der Waals surface area contributed by atoms with E-state index in [1.807, 2.05) is 11.6 Å². The van der Waals surface area contributed by atoms with Gasteiger partial charge in [-0.05, 0) is 19.9 Å². The number of rotatable bonds is 9. The number of methoxy groups -OCH3 is 1. The Bertz CT molecular complexity index is 421. The Hall–Kier alpha value is -1.28. The molecule has 1 atom stereocenters. The van der Waals surface area contributed by atoms with Crippen molar-refractivity contribution < 1.29 is 22.6 Å². The van der Waals surface area contributed by atoms with Gasteiger partial charge >= 0.3 is 6.18 Å². The van der Waals surface area contributed by atoms with Gasteiger partial charge in [0.2, 0.25) is 0 Å². The van der Waals surface area contributed by atoms with E-state index in [1.165, 1.54) is 0 Å². The van der Waals surface area contributed by atoms with Crippen molar-refractivity contribution >= 4 is 0 Å². The molecule has 1 N–H and O–H groups in total. The molecule has 0 aliphatic heterocycles. The molecule has 1 rings (SSSR count). The van der Waals surface area contributed by atoms with Crippen molar-refractivity contribution in [3.05, 3.63) is 11.9 Å². The van der Waals surface area contributed by atoms with Gasteiger partial charge in [0.1, 0.15) is 6.61 Å². The summed E-state index contributed by atoms with van der Waals surface area (Å²) in [5.41, 5.74) is 0.831. The van der Waals surface area contributed by atoms with Crippen LogP contribution in [0.5, 0.6) is 5.75 Å². The van der Waals surface area contributed by atoms with Crippen LogP contribution in [0.2, 0.25) is 0 Å². The topological polar surface area (TPSA) is 48.3 Å². The highest BCUT2D eigenvalue weighted by Crippen LogP contribution is 2.27. The molecule has 0 saturated heterocycles. The summed E-state index contributed by atoms with van der Waals surface area (Å²) in [5.74, 6) is 0.624. The minimum absolute atomic E-state index is 0.00543. The Balaban J connectivity index is 2.68. The van der Waals surface area contributed by atoms with Crippen LogP contribution in [0.3, 0.4) is 0 Å². The van der Waals surface area contributed by atoms with Gasteiger partial charge in [-0.25, -0.2) is 0 Å². The molecule has 0 bridgehead atoms. The number of aryl methyl sites for hydroxylation is 1. The number of nitrogens with one attached hydrogen (secondary N) is 1. The molecular weight excluding hydrogens is 287 g/mol. The number of nitrogens with zero attached hydrogens (tertiary/aromatic N) is 2. The van der Waals surface area contributed by atoms with Crippen molar-refractivity contribution in [3.63, 3.8) is 0 Å². The minimum atomic E-state index is -4.29. The van der Waals surface area contributed by atoms with Gasteiger partial charge in [0.15, 0.2) is 5.75 Å². The van der Waals surface area contributed by atoms with Crippen molar-refractivity contribution in [2.75, 3.05) is 27.4 Å². The van der Waals surface area contributed by atoms with Crippen molar-refractivity contribution in [3.8, 4) is 5.75 Å². The molecular formula is C13H22F3N3O2. The van der Waals surface area contributed by atoms with Crippen LogP contribution >= 0.6 is 0 Å². The molecule has 0 fully saturated rings. The molecule has 122 valence electrons. The molecule has 0 aliphatic rings. The summed E-state index contributed by atoms with van der Waals surface area (Å²) in [6, 6.07) is -0.178. The Morgan fingerprint density at radius 1 is 1.43 bits per heavy atom.